The van der Waals surface area contributed by atoms with Crippen molar-refractivity contribution < 1.29 is 58.0 Å². The van der Waals surface area contributed by atoms with Crippen LogP contribution in [0.3, 0.4) is 0 Å². The van der Waals surface area contributed by atoms with Gasteiger partial charge in [0.15, 0.2) is 11.9 Å². The first kappa shape index (κ1) is 61.7. The number of aliphatic carboxylic acids is 1. The van der Waals surface area contributed by atoms with Crippen LogP contribution < -0.4 is 42.0 Å². The van der Waals surface area contributed by atoms with Crippen molar-refractivity contribution >= 4 is 79.7 Å². The van der Waals surface area contributed by atoms with E-state index >= 15 is 0 Å². The highest BCUT2D eigenvalue weighted by Gasteiger charge is 2.23. The summed E-state index contributed by atoms with van der Waals surface area (Å²) in [5.41, 5.74) is 11.9. The molecule has 0 fully saturated rings. The van der Waals surface area contributed by atoms with Crippen molar-refractivity contribution in [3.63, 3.8) is 0 Å². The van der Waals surface area contributed by atoms with Gasteiger partial charge in [0.2, 0.25) is 0 Å². The highest BCUT2D eigenvalue weighted by atomic mass is 32.2. The van der Waals surface area contributed by atoms with Crippen molar-refractivity contribution in [2.24, 2.45) is 0 Å². The molecule has 19 nitrogen and oxygen atoms in total. The molecule has 5 aromatic carbocycles. The van der Waals surface area contributed by atoms with Crippen LogP contribution in [0.2, 0.25) is 0 Å². The molecule has 414 valence electrons. The molecule has 76 heavy (non-hydrogen) atoms. The Morgan fingerprint density at radius 2 is 1.36 bits per heavy atom. The predicted octanol–water partition coefficient (Wildman–Crippen LogP) is 10.4. The summed E-state index contributed by atoms with van der Waals surface area (Å²) in [4.78, 5) is 67.0. The van der Waals surface area contributed by atoms with Crippen LogP contribution in [0, 0.1) is 18.6 Å². The summed E-state index contributed by atoms with van der Waals surface area (Å²) in [5.74, 6) is -2.22. The maximum Gasteiger partial charge on any atom is 0.333 e. The molecule has 0 heterocycles. The van der Waals surface area contributed by atoms with Gasteiger partial charge >= 0.3 is 12.0 Å². The van der Waals surface area contributed by atoms with Crippen molar-refractivity contribution in [1.82, 2.24) is 27.0 Å². The lowest BCUT2D eigenvalue weighted by Crippen LogP contribution is -2.48. The number of hydrazine groups is 2. The van der Waals surface area contributed by atoms with E-state index in [2.05, 4.69) is 39.3 Å². The zero-order chi connectivity index (χ0) is 55.4. The van der Waals surface area contributed by atoms with Crippen LogP contribution in [0.5, 0.6) is 23.0 Å². The van der Waals surface area contributed by atoms with Crippen LogP contribution >= 0.6 is 11.8 Å². The van der Waals surface area contributed by atoms with Gasteiger partial charge < -0.3 is 40.3 Å². The molecule has 5 aromatic rings. The van der Waals surface area contributed by atoms with Gasteiger partial charge in [0, 0.05) is 71.6 Å². The third-order valence-corrected chi connectivity index (χ3v) is 13.2. The van der Waals surface area contributed by atoms with Crippen LogP contribution in [0.1, 0.15) is 129 Å². The van der Waals surface area contributed by atoms with Gasteiger partial charge in [-0.25, -0.2) is 10.2 Å². The molecule has 5 amide bonds. The van der Waals surface area contributed by atoms with Gasteiger partial charge in [-0.3, -0.25) is 40.2 Å². The van der Waals surface area contributed by atoms with Crippen molar-refractivity contribution in [2.45, 2.75) is 122 Å². The lowest BCUT2D eigenvalue weighted by Gasteiger charge is -2.19. The summed E-state index contributed by atoms with van der Waals surface area (Å²) in [7, 11) is 0.544. The number of aromatic hydroxyl groups is 2. The highest BCUT2D eigenvalue weighted by Crippen LogP contribution is 2.38. The molecule has 0 spiro atoms. The normalized spacial score (nSPS) is 11.7. The maximum atomic E-state index is 12.9. The Balaban J connectivity index is 0.000000332. The molecule has 0 aliphatic carbocycles. The quantitative estimate of drug-likeness (QED) is 0.00923. The van der Waals surface area contributed by atoms with E-state index in [0.29, 0.717) is 69.6 Å². The number of thioether (sulfide) groups is 1. The second kappa shape index (κ2) is 33.3. The van der Waals surface area contributed by atoms with Gasteiger partial charge in [0.25, 0.3) is 17.7 Å². The molecule has 0 aliphatic heterocycles. The number of phenols is 2. The van der Waals surface area contributed by atoms with Crippen molar-refractivity contribution in [2.75, 3.05) is 44.1 Å². The van der Waals surface area contributed by atoms with Gasteiger partial charge in [-0.1, -0.05) is 120 Å². The number of carboxylic acids is 1. The number of anilines is 1. The van der Waals surface area contributed by atoms with E-state index in [1.165, 1.54) is 94.0 Å². The fourth-order valence-corrected chi connectivity index (χ4v) is 9.07. The van der Waals surface area contributed by atoms with Crippen molar-refractivity contribution in [3.8, 4) is 23.0 Å². The van der Waals surface area contributed by atoms with Gasteiger partial charge in [-0.15, -0.1) is 16.1 Å². The summed E-state index contributed by atoms with van der Waals surface area (Å²) in [6.45, 7) is 9.59. The first-order chi connectivity index (χ1) is 36.6. The summed E-state index contributed by atoms with van der Waals surface area (Å²) in [6, 6.07) is 19.9. The second-order valence-electron chi connectivity index (χ2n) is 17.9. The molecular weight excluding hydrogens is 1010 g/mol. The van der Waals surface area contributed by atoms with E-state index in [9.17, 15) is 34.2 Å². The number of carbonyl (C=O) groups is 5. The number of phenolic OH excluding ortho intramolecular Hbond substituents is 2. The first-order valence-corrected chi connectivity index (χ1v) is 28.2. The number of fused-ring (bicyclic) bond motifs is 2. The number of carbonyl (C=O) groups excluding carboxylic acids is 4. The molecule has 2 atom stereocenters. The first-order valence-electron chi connectivity index (χ1n) is 25.6. The van der Waals surface area contributed by atoms with Crippen molar-refractivity contribution in [3.05, 3.63) is 95.1 Å². The number of aryl methyl sites for hydroxylation is 2. The zero-order valence-electron chi connectivity index (χ0n) is 44.4. The fraction of sp³-hybridized carbons (Fsp3) is 0.436. The van der Waals surface area contributed by atoms with E-state index in [4.69, 9.17) is 28.6 Å². The molecule has 0 saturated carbocycles. The van der Waals surface area contributed by atoms with Crippen LogP contribution in [0.15, 0.2) is 77.7 Å². The Hall–Kier alpha value is -6.81. The number of nitrogens with one attached hydrogen (secondary N) is 7. The lowest BCUT2D eigenvalue weighted by molar-refractivity contribution is -0.136. The number of benzene rings is 5. The number of hydrogen-bond acceptors (Lipinski definition) is 14. The van der Waals surface area contributed by atoms with Gasteiger partial charge in [0.1, 0.15) is 17.2 Å². The topological polar surface area (TPSA) is 279 Å². The Kier molecular flexibility index (Phi) is 27.0. The summed E-state index contributed by atoms with van der Waals surface area (Å²) >= 11 is 1.28. The summed E-state index contributed by atoms with van der Waals surface area (Å²) in [6.07, 6.45) is 14.6. The maximum absolute atomic E-state index is 12.9. The van der Waals surface area contributed by atoms with E-state index in [-0.39, 0.29) is 34.8 Å². The highest BCUT2D eigenvalue weighted by molar-refractivity contribution is 7.99. The number of ether oxygens (including phenoxy) is 2. The molecular formula is C55H75N7O12S2. The van der Waals surface area contributed by atoms with E-state index < -0.39 is 46.8 Å². The summed E-state index contributed by atoms with van der Waals surface area (Å²) < 4.78 is 23.8. The average Bonchev–Trinajstić information content (AvgIpc) is 3.40. The Morgan fingerprint density at radius 3 is 2.01 bits per heavy atom. The number of hydrogen-bond donors (Lipinski definition) is 10. The zero-order valence-corrected chi connectivity index (χ0v) is 46.0. The number of urea groups is 1. The number of unbranched alkanes of at least 4 members (excludes halogenated alkanes) is 9. The Morgan fingerprint density at radius 1 is 0.711 bits per heavy atom. The van der Waals surface area contributed by atoms with Crippen LogP contribution in [-0.2, 0) is 29.6 Å². The Labute approximate surface area is 451 Å². The second-order valence-corrected chi connectivity index (χ2v) is 20.1. The number of carboxylic acid groups (broad SMARTS) is 1. The third-order valence-electron chi connectivity index (χ3n) is 11.9. The SMILES string of the molecule is CCC(Oc1ccc(C)cc1C)C(=O)NNC(=O)c1cc(SCCC(=O)O)c2ccccc2c1O.CCCCCCCCCCCCOCCCNC(=O)NNC(=O)c1ccc2c(NC)cc(OOS(C)=N)cc2c1O. The molecule has 10 N–H and O–H groups in total. The molecule has 5 rings (SSSR count). The van der Waals surface area contributed by atoms with Crippen LogP contribution in [0.25, 0.3) is 21.5 Å². The molecule has 0 saturated heterocycles. The molecule has 0 aliphatic rings. The molecule has 0 radical (unpaired) electrons. The molecule has 0 aromatic heterocycles. The Bertz CT molecular complexity index is 2740. The monoisotopic (exact) mass is 1090 g/mol. The van der Waals surface area contributed by atoms with Gasteiger partial charge in [0.05, 0.1) is 28.5 Å². The standard InChI is InChI=1S/C29H47N5O6S.C26H28N2O6S/c1-4-5-6-7-8-9-10-11-12-13-18-38-19-14-17-32-29(37)34-33-28(36)24-16-15-23-25(27(24)35)20-22(21-26(23)31-2)39-40-41(3)30;1-4-20(34-21-10-9-15(2)13-16(21)3)26(33)28-27-25(32)19-14-22(35-12-11-23(29)30)17-7-5-6-8-18(17)24(19)31/h15-16,20-21,30-31,35H,4-14,17-19H2,1-3H3,(H,33,36)(H2,32,34,37);5-10,13-14,20,31H,4,11-12H2,1-3H3,(H,27,32)(H,28,33)(H,29,30). The minimum Gasteiger partial charge on any atom is -0.506 e. The number of amides is 5. The summed E-state index contributed by atoms with van der Waals surface area (Å²) in [5, 5.41) is 38.3. The van der Waals surface area contributed by atoms with Crippen molar-refractivity contribution in [1.29, 1.82) is 4.78 Å². The largest absolute Gasteiger partial charge is 0.506 e. The lowest BCUT2D eigenvalue weighted by atomic mass is 10.0. The molecule has 2 unspecified atom stereocenters. The van der Waals surface area contributed by atoms with Gasteiger partial charge in [-0.2, -0.15) is 0 Å². The third kappa shape index (κ3) is 20.4. The molecule has 21 heteroatoms. The minimum atomic E-state index is -1.16. The van der Waals surface area contributed by atoms with Crippen LogP contribution in [0.4, 0.5) is 10.5 Å². The van der Waals surface area contributed by atoms with E-state index in [1.54, 1.807) is 56.4 Å². The van der Waals surface area contributed by atoms with E-state index in [0.717, 1.165) is 24.2 Å². The fourth-order valence-electron chi connectivity index (χ4n) is 7.86. The van der Waals surface area contributed by atoms with Gasteiger partial charge in [-0.05, 0) is 68.3 Å². The minimum absolute atomic E-state index is 0.0333. The smallest absolute Gasteiger partial charge is 0.333 e. The molecule has 0 bridgehead atoms. The predicted molar refractivity (Wildman–Crippen MR) is 299 cm³/mol. The van der Waals surface area contributed by atoms with Crippen LogP contribution in [-0.4, -0.2) is 90.0 Å². The van der Waals surface area contributed by atoms with E-state index in [1.807, 2.05) is 26.0 Å². The number of rotatable bonds is 29. The average molecular weight is 1090 g/mol.